The number of rotatable bonds is 5. The summed E-state index contributed by atoms with van der Waals surface area (Å²) < 4.78 is 2.93. The van der Waals surface area contributed by atoms with Crippen molar-refractivity contribution in [3.05, 3.63) is 52.7 Å². The molecule has 0 fully saturated rings. The van der Waals surface area contributed by atoms with Crippen LogP contribution in [0.2, 0.25) is 0 Å². The fraction of sp³-hybridized carbons (Fsp3) is 0.333. The monoisotopic (exact) mass is 232 g/mol. The Morgan fingerprint density at radius 3 is 2.71 bits per heavy atom. The van der Waals surface area contributed by atoms with Crippen LogP contribution in [-0.2, 0) is 20.1 Å². The van der Waals surface area contributed by atoms with Crippen molar-refractivity contribution in [3.8, 4) is 0 Å². The number of aryl methyl sites for hydroxylation is 1. The van der Waals surface area contributed by atoms with E-state index in [-0.39, 0.29) is 5.69 Å². The number of benzene rings is 1. The Balaban J connectivity index is 1.77. The molecule has 2 rings (SSSR count). The van der Waals surface area contributed by atoms with Gasteiger partial charge in [0, 0.05) is 20.1 Å². The minimum atomic E-state index is -0.0773. The molecule has 17 heavy (non-hydrogen) atoms. The first-order chi connectivity index (χ1) is 8.27. The zero-order valence-corrected chi connectivity index (χ0v) is 9.84. The van der Waals surface area contributed by atoms with Crippen molar-refractivity contribution < 1.29 is 0 Å². The largest absolute Gasteiger partial charge is 0.345 e. The molecule has 1 aromatic heterocycles. The summed E-state index contributed by atoms with van der Waals surface area (Å²) in [6.07, 6.45) is 1.53. The Hall–Kier alpha value is -1.88. The highest BCUT2D eigenvalue weighted by atomic mass is 16.2. The molecule has 1 heterocycles. The van der Waals surface area contributed by atoms with Gasteiger partial charge in [-0.25, -0.2) is 9.48 Å². The third-order valence-electron chi connectivity index (χ3n) is 2.56. The highest BCUT2D eigenvalue weighted by Crippen LogP contribution is 1.96. The topological polar surface area (TPSA) is 51.9 Å². The van der Waals surface area contributed by atoms with Gasteiger partial charge in [0.05, 0.1) is 6.54 Å². The molecule has 1 aromatic carbocycles. The second kappa shape index (κ2) is 5.45. The third kappa shape index (κ3) is 3.04. The summed E-state index contributed by atoms with van der Waals surface area (Å²) in [5.41, 5.74) is 1.16. The molecule has 0 saturated carbocycles. The molecule has 2 aromatic rings. The lowest BCUT2D eigenvalue weighted by Crippen LogP contribution is -2.28. The second-order valence-corrected chi connectivity index (χ2v) is 3.91. The molecule has 0 amide bonds. The van der Waals surface area contributed by atoms with Gasteiger partial charge in [-0.15, -0.1) is 0 Å². The highest BCUT2D eigenvalue weighted by molar-refractivity contribution is 5.14. The number of hydrogen-bond donors (Lipinski definition) is 1. The van der Waals surface area contributed by atoms with Crippen LogP contribution in [0.3, 0.4) is 0 Å². The smallest absolute Gasteiger partial charge is 0.311 e. The van der Waals surface area contributed by atoms with E-state index in [0.717, 1.165) is 13.1 Å². The van der Waals surface area contributed by atoms with Gasteiger partial charge in [-0.3, -0.25) is 4.57 Å². The number of nitrogens with zero attached hydrogens (tertiary/aromatic N) is 3. The molecule has 5 nitrogen and oxygen atoms in total. The summed E-state index contributed by atoms with van der Waals surface area (Å²) in [6, 6.07) is 10.2. The van der Waals surface area contributed by atoms with Crippen LogP contribution in [0.5, 0.6) is 0 Å². The Morgan fingerprint density at radius 1 is 1.29 bits per heavy atom. The molecule has 0 bridgehead atoms. The third-order valence-corrected chi connectivity index (χ3v) is 2.56. The van der Waals surface area contributed by atoms with Gasteiger partial charge < -0.3 is 5.32 Å². The van der Waals surface area contributed by atoms with E-state index in [1.54, 1.807) is 7.05 Å². The number of aromatic nitrogens is 3. The van der Waals surface area contributed by atoms with Gasteiger partial charge in [-0.1, -0.05) is 30.3 Å². The van der Waals surface area contributed by atoms with E-state index >= 15 is 0 Å². The molecule has 0 spiro atoms. The Labute approximate surface area is 99.7 Å². The first kappa shape index (κ1) is 11.6. The average Bonchev–Trinajstić information content (AvgIpc) is 2.67. The molecule has 0 saturated heterocycles. The zero-order chi connectivity index (χ0) is 12.1. The van der Waals surface area contributed by atoms with E-state index in [1.807, 2.05) is 18.2 Å². The fourth-order valence-corrected chi connectivity index (χ4v) is 1.59. The maximum Gasteiger partial charge on any atom is 0.345 e. The van der Waals surface area contributed by atoms with Crippen LogP contribution < -0.4 is 11.0 Å². The van der Waals surface area contributed by atoms with Gasteiger partial charge in [0.15, 0.2) is 0 Å². The molecule has 0 aliphatic heterocycles. The molecular weight excluding hydrogens is 216 g/mol. The van der Waals surface area contributed by atoms with E-state index in [9.17, 15) is 4.79 Å². The maximum absolute atomic E-state index is 11.5. The van der Waals surface area contributed by atoms with Crippen LogP contribution in [0.15, 0.2) is 41.5 Å². The van der Waals surface area contributed by atoms with Crippen molar-refractivity contribution in [3.63, 3.8) is 0 Å². The summed E-state index contributed by atoms with van der Waals surface area (Å²) >= 11 is 0. The SMILES string of the molecule is Cn1cnn(CCNCc2ccccc2)c1=O. The molecule has 5 heteroatoms. The van der Waals surface area contributed by atoms with Gasteiger partial charge in [0.2, 0.25) is 0 Å². The quantitative estimate of drug-likeness (QED) is 0.758. The average molecular weight is 232 g/mol. The molecule has 0 atom stereocenters. The minimum Gasteiger partial charge on any atom is -0.311 e. The highest BCUT2D eigenvalue weighted by Gasteiger charge is 1.99. The predicted octanol–water partition coefficient (Wildman–Crippen LogP) is 0.372. The van der Waals surface area contributed by atoms with Crippen molar-refractivity contribution in [2.75, 3.05) is 6.54 Å². The van der Waals surface area contributed by atoms with Crippen molar-refractivity contribution in [1.29, 1.82) is 0 Å². The van der Waals surface area contributed by atoms with Gasteiger partial charge in [0.25, 0.3) is 0 Å². The molecule has 1 N–H and O–H groups in total. The van der Waals surface area contributed by atoms with Crippen LogP contribution in [0.1, 0.15) is 5.56 Å². The Kier molecular flexibility index (Phi) is 3.72. The van der Waals surface area contributed by atoms with E-state index in [4.69, 9.17) is 0 Å². The van der Waals surface area contributed by atoms with Crippen LogP contribution >= 0.6 is 0 Å². The fourth-order valence-electron chi connectivity index (χ4n) is 1.59. The normalized spacial score (nSPS) is 10.6. The lowest BCUT2D eigenvalue weighted by molar-refractivity contribution is 0.536. The molecule has 90 valence electrons. The lowest BCUT2D eigenvalue weighted by Gasteiger charge is -2.04. The zero-order valence-electron chi connectivity index (χ0n) is 9.84. The summed E-state index contributed by atoms with van der Waals surface area (Å²) in [5, 5.41) is 7.26. The van der Waals surface area contributed by atoms with E-state index in [2.05, 4.69) is 22.5 Å². The van der Waals surface area contributed by atoms with E-state index < -0.39 is 0 Å². The molecule has 0 radical (unpaired) electrons. The van der Waals surface area contributed by atoms with Crippen molar-refractivity contribution in [1.82, 2.24) is 19.7 Å². The predicted molar refractivity (Wildman–Crippen MR) is 65.6 cm³/mol. The summed E-state index contributed by atoms with van der Waals surface area (Å²) in [7, 11) is 1.70. The van der Waals surface area contributed by atoms with Gasteiger partial charge in [-0.05, 0) is 5.56 Å². The molecule has 0 aliphatic rings. The van der Waals surface area contributed by atoms with Crippen molar-refractivity contribution in [2.45, 2.75) is 13.1 Å². The summed E-state index contributed by atoms with van der Waals surface area (Å²) in [6.45, 7) is 2.13. The second-order valence-electron chi connectivity index (χ2n) is 3.91. The molecule has 0 unspecified atom stereocenters. The first-order valence-corrected chi connectivity index (χ1v) is 5.60. The van der Waals surface area contributed by atoms with Crippen molar-refractivity contribution >= 4 is 0 Å². The summed E-state index contributed by atoms with van der Waals surface area (Å²) in [4.78, 5) is 11.5. The number of nitrogens with one attached hydrogen (secondary N) is 1. The van der Waals surface area contributed by atoms with E-state index in [0.29, 0.717) is 6.54 Å². The molecule has 0 aliphatic carbocycles. The van der Waals surface area contributed by atoms with Crippen LogP contribution in [-0.4, -0.2) is 20.9 Å². The number of hydrogen-bond acceptors (Lipinski definition) is 3. The first-order valence-electron chi connectivity index (χ1n) is 5.60. The Morgan fingerprint density at radius 2 is 2.06 bits per heavy atom. The maximum atomic E-state index is 11.5. The van der Waals surface area contributed by atoms with Crippen LogP contribution in [0.25, 0.3) is 0 Å². The minimum absolute atomic E-state index is 0.0773. The lowest BCUT2D eigenvalue weighted by atomic mass is 10.2. The van der Waals surface area contributed by atoms with Gasteiger partial charge in [0.1, 0.15) is 6.33 Å². The van der Waals surface area contributed by atoms with Crippen LogP contribution in [0.4, 0.5) is 0 Å². The standard InChI is InChI=1S/C12H16N4O/c1-15-10-14-16(12(15)17)8-7-13-9-11-5-3-2-4-6-11/h2-6,10,13H,7-9H2,1H3. The summed E-state index contributed by atoms with van der Waals surface area (Å²) in [5.74, 6) is 0. The Bertz CT molecular complexity index is 515. The van der Waals surface area contributed by atoms with Gasteiger partial charge >= 0.3 is 5.69 Å². The van der Waals surface area contributed by atoms with Crippen LogP contribution in [0, 0.1) is 0 Å². The molecular formula is C12H16N4O. The van der Waals surface area contributed by atoms with Crippen molar-refractivity contribution in [2.24, 2.45) is 7.05 Å². The van der Waals surface area contributed by atoms with Gasteiger partial charge in [-0.2, -0.15) is 5.10 Å². The van der Waals surface area contributed by atoms with E-state index in [1.165, 1.54) is 21.1 Å².